The fourth-order valence-corrected chi connectivity index (χ4v) is 4.31. The number of rotatable bonds is 8. The van der Waals surface area contributed by atoms with E-state index in [1.54, 1.807) is 55.6 Å². The van der Waals surface area contributed by atoms with Gasteiger partial charge >= 0.3 is 0 Å². The molecule has 0 fully saturated rings. The summed E-state index contributed by atoms with van der Waals surface area (Å²) in [6, 6.07) is 17.8. The lowest BCUT2D eigenvalue weighted by molar-refractivity contribution is 0.102. The Morgan fingerprint density at radius 1 is 0.969 bits per heavy atom. The van der Waals surface area contributed by atoms with Gasteiger partial charge in [-0.1, -0.05) is 23.7 Å². The van der Waals surface area contributed by atoms with Gasteiger partial charge in [-0.05, 0) is 60.2 Å². The molecule has 9 heteroatoms. The van der Waals surface area contributed by atoms with E-state index in [1.165, 1.54) is 36.7 Å². The Labute approximate surface area is 192 Å². The normalized spacial score (nSPS) is 11.3. The number of anilines is 1. The topological polar surface area (TPSA) is 84.9 Å². The number of benzene rings is 3. The summed E-state index contributed by atoms with van der Waals surface area (Å²) in [7, 11) is 0.677. The summed E-state index contributed by atoms with van der Waals surface area (Å²) in [6.45, 7) is 0.171. The molecule has 1 N–H and O–H groups in total. The molecule has 3 aromatic rings. The van der Waals surface area contributed by atoms with Crippen LogP contribution in [0.5, 0.6) is 11.5 Å². The van der Waals surface area contributed by atoms with Crippen molar-refractivity contribution in [3.05, 3.63) is 82.9 Å². The van der Waals surface area contributed by atoms with Gasteiger partial charge in [-0.2, -0.15) is 4.31 Å². The first-order chi connectivity index (χ1) is 15.2. The van der Waals surface area contributed by atoms with Crippen molar-refractivity contribution in [2.24, 2.45) is 0 Å². The van der Waals surface area contributed by atoms with Crippen molar-refractivity contribution in [1.29, 1.82) is 0 Å². The molecule has 168 valence electrons. The van der Waals surface area contributed by atoms with Crippen LogP contribution < -0.4 is 14.8 Å². The molecule has 0 heterocycles. The van der Waals surface area contributed by atoms with Crippen molar-refractivity contribution in [3.8, 4) is 11.5 Å². The maximum Gasteiger partial charge on any atom is 0.255 e. The van der Waals surface area contributed by atoms with Gasteiger partial charge in [-0.25, -0.2) is 8.42 Å². The van der Waals surface area contributed by atoms with Crippen LogP contribution in [0.25, 0.3) is 0 Å². The highest BCUT2D eigenvalue weighted by Gasteiger charge is 2.23. The van der Waals surface area contributed by atoms with Crippen LogP contribution in [0.2, 0.25) is 5.02 Å². The minimum Gasteiger partial charge on any atom is -0.497 e. The lowest BCUT2D eigenvalue weighted by atomic mass is 10.2. The number of carbonyl (C=O) groups excluding carboxylic acids is 1. The Morgan fingerprint density at radius 2 is 1.62 bits per heavy atom. The molecule has 0 aromatic heterocycles. The molecule has 0 unspecified atom stereocenters. The first-order valence-electron chi connectivity index (χ1n) is 9.59. The van der Waals surface area contributed by atoms with Gasteiger partial charge in [-0.15, -0.1) is 0 Å². The zero-order valence-corrected chi connectivity index (χ0v) is 19.4. The van der Waals surface area contributed by atoms with Crippen LogP contribution in [0.3, 0.4) is 0 Å². The number of hydrogen-bond acceptors (Lipinski definition) is 5. The van der Waals surface area contributed by atoms with Gasteiger partial charge in [0.15, 0.2) is 0 Å². The maximum atomic E-state index is 13.1. The number of methoxy groups -OCH3 is 2. The van der Waals surface area contributed by atoms with E-state index >= 15 is 0 Å². The molecule has 0 aliphatic carbocycles. The molecule has 3 rings (SSSR count). The molecule has 0 radical (unpaired) electrons. The summed E-state index contributed by atoms with van der Waals surface area (Å²) in [5.74, 6) is 0.612. The van der Waals surface area contributed by atoms with Crippen LogP contribution in [0.4, 0.5) is 5.69 Å². The quantitative estimate of drug-likeness (QED) is 0.522. The Morgan fingerprint density at radius 3 is 2.22 bits per heavy atom. The number of amides is 1. The van der Waals surface area contributed by atoms with Crippen LogP contribution in [0.15, 0.2) is 71.6 Å². The van der Waals surface area contributed by atoms with E-state index in [9.17, 15) is 13.2 Å². The third-order valence-corrected chi connectivity index (χ3v) is 6.85. The van der Waals surface area contributed by atoms with E-state index in [0.29, 0.717) is 22.1 Å². The number of sulfonamides is 1. The highest BCUT2D eigenvalue weighted by Crippen LogP contribution is 2.30. The minimum absolute atomic E-state index is 0.0284. The molecule has 7 nitrogen and oxygen atoms in total. The lowest BCUT2D eigenvalue weighted by Gasteiger charge is -2.19. The number of nitrogens with zero attached hydrogens (tertiary/aromatic N) is 1. The number of halogens is 1. The highest BCUT2D eigenvalue weighted by atomic mass is 35.5. The second-order valence-corrected chi connectivity index (χ2v) is 9.41. The summed E-state index contributed by atoms with van der Waals surface area (Å²) in [5, 5.41) is 3.21. The van der Waals surface area contributed by atoms with Crippen molar-refractivity contribution >= 4 is 33.2 Å². The van der Waals surface area contributed by atoms with Crippen molar-refractivity contribution in [1.82, 2.24) is 4.31 Å². The van der Waals surface area contributed by atoms with Crippen molar-refractivity contribution in [2.45, 2.75) is 11.4 Å². The first kappa shape index (κ1) is 23.6. The predicted molar refractivity (Wildman–Crippen MR) is 124 cm³/mol. The summed E-state index contributed by atoms with van der Waals surface area (Å²) in [4.78, 5) is 12.6. The SMILES string of the molecule is COc1ccc(CN(C)S(=O)(=O)c2ccc(OC)c(NC(=O)c3ccc(Cl)cc3)c2)cc1. The van der Waals surface area contributed by atoms with Gasteiger partial charge in [0.1, 0.15) is 11.5 Å². The second-order valence-electron chi connectivity index (χ2n) is 6.93. The summed E-state index contributed by atoms with van der Waals surface area (Å²) in [5.41, 5.74) is 1.43. The summed E-state index contributed by atoms with van der Waals surface area (Å²) >= 11 is 5.87. The molecule has 1 amide bonds. The monoisotopic (exact) mass is 474 g/mol. The van der Waals surface area contributed by atoms with E-state index in [4.69, 9.17) is 21.1 Å². The van der Waals surface area contributed by atoms with Crippen LogP contribution in [0, 0.1) is 0 Å². The van der Waals surface area contributed by atoms with E-state index < -0.39 is 15.9 Å². The first-order valence-corrected chi connectivity index (χ1v) is 11.4. The van der Waals surface area contributed by atoms with Crippen molar-refractivity contribution < 1.29 is 22.7 Å². The van der Waals surface area contributed by atoms with Gasteiger partial charge in [0, 0.05) is 24.2 Å². The van der Waals surface area contributed by atoms with Crippen molar-refractivity contribution in [2.75, 3.05) is 26.6 Å². The van der Waals surface area contributed by atoms with E-state index in [2.05, 4.69) is 5.32 Å². The Kier molecular flexibility index (Phi) is 7.40. The molecule has 32 heavy (non-hydrogen) atoms. The Balaban J connectivity index is 1.84. The van der Waals surface area contributed by atoms with Gasteiger partial charge in [-0.3, -0.25) is 4.79 Å². The van der Waals surface area contributed by atoms with Gasteiger partial charge in [0.2, 0.25) is 10.0 Å². The molecular formula is C23H23ClN2O5S. The zero-order valence-electron chi connectivity index (χ0n) is 17.8. The van der Waals surface area contributed by atoms with E-state index in [0.717, 1.165) is 5.56 Å². The number of hydrogen-bond donors (Lipinski definition) is 1. The fraction of sp³-hybridized carbons (Fsp3) is 0.174. The van der Waals surface area contributed by atoms with Crippen molar-refractivity contribution in [3.63, 3.8) is 0 Å². The van der Waals surface area contributed by atoms with Gasteiger partial charge in [0.25, 0.3) is 5.91 Å². The van der Waals surface area contributed by atoms with Gasteiger partial charge in [0.05, 0.1) is 24.8 Å². The molecule has 0 atom stereocenters. The van der Waals surface area contributed by atoms with Crippen LogP contribution >= 0.6 is 11.6 Å². The number of ether oxygens (including phenoxy) is 2. The molecular weight excluding hydrogens is 452 g/mol. The Bertz CT molecular complexity index is 1200. The average Bonchev–Trinajstić information content (AvgIpc) is 2.79. The molecule has 0 aliphatic rings. The fourth-order valence-electron chi connectivity index (χ4n) is 2.99. The summed E-state index contributed by atoms with van der Waals surface area (Å²) < 4.78 is 37.9. The molecule has 0 saturated heterocycles. The second kappa shape index (κ2) is 10.0. The molecule has 0 bridgehead atoms. The molecule has 0 spiro atoms. The zero-order chi connectivity index (χ0) is 23.3. The smallest absolute Gasteiger partial charge is 0.255 e. The molecule has 0 saturated carbocycles. The maximum absolute atomic E-state index is 13.1. The molecule has 0 aliphatic heterocycles. The average molecular weight is 475 g/mol. The molecule has 3 aromatic carbocycles. The van der Waals surface area contributed by atoms with Crippen LogP contribution in [0.1, 0.15) is 15.9 Å². The summed E-state index contributed by atoms with van der Waals surface area (Å²) in [6.07, 6.45) is 0. The Hall–Kier alpha value is -3.07. The standard InChI is InChI=1S/C23H23ClN2O5S/c1-26(15-16-4-10-19(30-2)11-5-16)32(28,29)20-12-13-22(31-3)21(14-20)25-23(27)17-6-8-18(24)9-7-17/h4-14H,15H2,1-3H3,(H,25,27). The third-order valence-electron chi connectivity index (χ3n) is 4.80. The minimum atomic E-state index is -3.83. The van der Waals surface area contributed by atoms with E-state index in [-0.39, 0.29) is 17.1 Å². The predicted octanol–water partition coefficient (Wildman–Crippen LogP) is 4.43. The van der Waals surface area contributed by atoms with Gasteiger partial charge < -0.3 is 14.8 Å². The van der Waals surface area contributed by atoms with Crippen LogP contribution in [-0.2, 0) is 16.6 Å². The number of nitrogens with one attached hydrogen (secondary N) is 1. The van der Waals surface area contributed by atoms with Crippen LogP contribution in [-0.4, -0.2) is 39.9 Å². The largest absolute Gasteiger partial charge is 0.497 e. The lowest BCUT2D eigenvalue weighted by Crippen LogP contribution is -2.26. The van der Waals surface area contributed by atoms with E-state index in [1.807, 2.05) is 0 Å². The highest BCUT2D eigenvalue weighted by molar-refractivity contribution is 7.89. The number of carbonyl (C=O) groups is 1. The third kappa shape index (κ3) is 5.40.